The summed E-state index contributed by atoms with van der Waals surface area (Å²) in [6.07, 6.45) is 0. The molecule has 0 saturated heterocycles. The van der Waals surface area contributed by atoms with E-state index in [1.165, 1.54) is 99.4 Å². The van der Waals surface area contributed by atoms with Gasteiger partial charge in [-0.3, -0.25) is 0 Å². The summed E-state index contributed by atoms with van der Waals surface area (Å²) in [5, 5.41) is 5.02. The van der Waals surface area contributed by atoms with Gasteiger partial charge in [0.05, 0.1) is 38.9 Å². The van der Waals surface area contributed by atoms with Gasteiger partial charge in [0.2, 0.25) is 0 Å². The van der Waals surface area contributed by atoms with Crippen molar-refractivity contribution in [3.8, 4) is 55.9 Å². The van der Waals surface area contributed by atoms with Gasteiger partial charge >= 0.3 is 0 Å². The van der Waals surface area contributed by atoms with Crippen LogP contribution in [0.1, 0.15) is 22.3 Å². The molecule has 16 rings (SSSR count). The molecule has 1 spiro atoms. The molecule has 0 atom stereocenters. The standard InChI is InChI=1S/C73H47N3/c1-3-18-48(19-4-1)49-34-36-51(37-35-49)56-22-9-14-31-67(56)74(54-41-38-50(39-42-54)52-40-44-70-62(46-52)60-26-11-15-32-68(60)75(70)53-20-5-2-6-21-53)55-43-45-71-66(47-55)73(63-28-12-7-23-57(63)58-24-8-13-29-64(58)73)65-30-17-27-61-59-25-10-16-33-69(59)76(71)72(61)65/h1-47H. The molecule has 3 heteroatoms. The van der Waals surface area contributed by atoms with Crippen molar-refractivity contribution in [1.29, 1.82) is 0 Å². The van der Waals surface area contributed by atoms with Crippen LogP contribution >= 0.6 is 0 Å². The zero-order chi connectivity index (χ0) is 49.9. The Balaban J connectivity index is 0.919. The normalized spacial score (nSPS) is 12.8. The zero-order valence-corrected chi connectivity index (χ0v) is 41.5. The molecular weight excluding hydrogens is 919 g/mol. The largest absolute Gasteiger partial charge is 0.310 e. The lowest BCUT2D eigenvalue weighted by Gasteiger charge is -2.40. The van der Waals surface area contributed by atoms with E-state index < -0.39 is 5.41 Å². The number of hydrogen-bond donors (Lipinski definition) is 0. The molecule has 2 aromatic heterocycles. The van der Waals surface area contributed by atoms with E-state index in [0.29, 0.717) is 0 Å². The average Bonchev–Trinajstić information content (AvgIpc) is 4.12. The van der Waals surface area contributed by atoms with Gasteiger partial charge in [0.25, 0.3) is 0 Å². The van der Waals surface area contributed by atoms with E-state index in [4.69, 9.17) is 0 Å². The fourth-order valence-electron chi connectivity index (χ4n) is 13.3. The molecule has 76 heavy (non-hydrogen) atoms. The molecule has 12 aromatic carbocycles. The van der Waals surface area contributed by atoms with Crippen LogP contribution in [0.4, 0.5) is 17.1 Å². The molecule has 1 aliphatic heterocycles. The molecule has 3 heterocycles. The fourth-order valence-corrected chi connectivity index (χ4v) is 13.3. The van der Waals surface area contributed by atoms with Crippen LogP contribution in [0.5, 0.6) is 0 Å². The number of nitrogens with zero attached hydrogens (tertiary/aromatic N) is 3. The van der Waals surface area contributed by atoms with Crippen LogP contribution in [0.15, 0.2) is 285 Å². The third kappa shape index (κ3) is 6.05. The van der Waals surface area contributed by atoms with Crippen molar-refractivity contribution in [3.05, 3.63) is 307 Å². The Morgan fingerprint density at radius 3 is 1.51 bits per heavy atom. The van der Waals surface area contributed by atoms with Crippen molar-refractivity contribution >= 4 is 60.7 Å². The first-order chi connectivity index (χ1) is 37.7. The predicted molar refractivity (Wildman–Crippen MR) is 317 cm³/mol. The second-order valence-electron chi connectivity index (χ2n) is 20.4. The van der Waals surface area contributed by atoms with Gasteiger partial charge in [0.1, 0.15) is 0 Å². The highest BCUT2D eigenvalue weighted by Crippen LogP contribution is 2.62. The average molecular weight is 966 g/mol. The second kappa shape index (κ2) is 16.5. The Hall–Kier alpha value is -9.96. The molecule has 0 unspecified atom stereocenters. The highest BCUT2D eigenvalue weighted by atomic mass is 15.1. The van der Waals surface area contributed by atoms with Gasteiger partial charge in [0, 0.05) is 44.2 Å². The lowest BCUT2D eigenvalue weighted by molar-refractivity contribution is 0.748. The molecular formula is C73H47N3. The van der Waals surface area contributed by atoms with E-state index in [-0.39, 0.29) is 0 Å². The molecule has 1 aliphatic carbocycles. The zero-order valence-electron chi connectivity index (χ0n) is 41.5. The number of rotatable bonds is 7. The van der Waals surface area contributed by atoms with Crippen LogP contribution in [0.2, 0.25) is 0 Å². The van der Waals surface area contributed by atoms with Gasteiger partial charge in [-0.15, -0.1) is 0 Å². The quantitative estimate of drug-likeness (QED) is 0.155. The van der Waals surface area contributed by atoms with E-state index in [1.807, 2.05) is 0 Å². The van der Waals surface area contributed by atoms with Crippen molar-refractivity contribution in [2.45, 2.75) is 5.41 Å². The van der Waals surface area contributed by atoms with Gasteiger partial charge in [-0.1, -0.05) is 212 Å². The Morgan fingerprint density at radius 2 is 0.776 bits per heavy atom. The Labute approximate surface area is 441 Å². The van der Waals surface area contributed by atoms with E-state index in [0.717, 1.165) is 39.4 Å². The Kier molecular flexibility index (Phi) is 9.25. The highest BCUT2D eigenvalue weighted by Gasteiger charge is 2.51. The summed E-state index contributed by atoms with van der Waals surface area (Å²) in [6.45, 7) is 0. The van der Waals surface area contributed by atoms with Crippen LogP contribution in [0.3, 0.4) is 0 Å². The molecule has 354 valence electrons. The van der Waals surface area contributed by atoms with Crippen molar-refractivity contribution in [2.75, 3.05) is 4.90 Å². The summed E-state index contributed by atoms with van der Waals surface area (Å²) >= 11 is 0. The first-order valence-corrected chi connectivity index (χ1v) is 26.3. The molecule has 0 saturated carbocycles. The Morgan fingerprint density at radius 1 is 0.276 bits per heavy atom. The number of benzene rings is 12. The summed E-state index contributed by atoms with van der Waals surface area (Å²) in [5.41, 5.74) is 24.7. The van der Waals surface area contributed by atoms with Crippen LogP contribution in [0, 0.1) is 0 Å². The predicted octanol–water partition coefficient (Wildman–Crippen LogP) is 19.0. The maximum absolute atomic E-state index is 2.55. The minimum atomic E-state index is -0.590. The maximum Gasteiger partial charge on any atom is 0.0755 e. The third-order valence-corrected chi connectivity index (χ3v) is 16.5. The number of aromatic nitrogens is 2. The second-order valence-corrected chi connectivity index (χ2v) is 20.4. The molecule has 0 bridgehead atoms. The van der Waals surface area contributed by atoms with Crippen LogP contribution in [0.25, 0.3) is 99.5 Å². The lowest BCUT2D eigenvalue weighted by atomic mass is 9.65. The number of hydrogen-bond acceptors (Lipinski definition) is 1. The van der Waals surface area contributed by atoms with Crippen molar-refractivity contribution < 1.29 is 0 Å². The fraction of sp³-hybridized carbons (Fsp3) is 0.0137. The highest BCUT2D eigenvalue weighted by molar-refractivity contribution is 6.13. The van der Waals surface area contributed by atoms with E-state index >= 15 is 0 Å². The summed E-state index contributed by atoms with van der Waals surface area (Å²) < 4.78 is 4.93. The molecule has 2 aliphatic rings. The van der Waals surface area contributed by atoms with Crippen LogP contribution < -0.4 is 4.90 Å². The monoisotopic (exact) mass is 965 g/mol. The minimum absolute atomic E-state index is 0.590. The molecule has 0 amide bonds. The topological polar surface area (TPSA) is 13.1 Å². The molecule has 0 fully saturated rings. The molecule has 14 aromatic rings. The van der Waals surface area contributed by atoms with Gasteiger partial charge < -0.3 is 14.0 Å². The van der Waals surface area contributed by atoms with Gasteiger partial charge in [0.15, 0.2) is 0 Å². The van der Waals surface area contributed by atoms with Crippen molar-refractivity contribution in [3.63, 3.8) is 0 Å². The van der Waals surface area contributed by atoms with Gasteiger partial charge in [-0.25, -0.2) is 0 Å². The number of anilines is 3. The van der Waals surface area contributed by atoms with Crippen LogP contribution in [-0.2, 0) is 5.41 Å². The first kappa shape index (κ1) is 42.5. The minimum Gasteiger partial charge on any atom is -0.310 e. The lowest BCUT2D eigenvalue weighted by Crippen LogP contribution is -2.33. The van der Waals surface area contributed by atoms with E-state index in [2.05, 4.69) is 299 Å². The molecule has 0 N–H and O–H groups in total. The third-order valence-electron chi connectivity index (χ3n) is 16.5. The maximum atomic E-state index is 2.55. The summed E-state index contributed by atoms with van der Waals surface area (Å²) in [5.74, 6) is 0. The SMILES string of the molecule is c1ccc(-c2ccc(-c3ccccc3N(c3ccc(-c4ccc5c(c4)c4ccccc4n5-c4ccccc4)cc3)c3ccc4c(c3)C3(c5ccccc5-c5ccccc53)c3cccc5c6ccccc6n-4c35)cc2)cc1. The van der Waals surface area contributed by atoms with Crippen LogP contribution in [-0.4, -0.2) is 9.13 Å². The summed E-state index contributed by atoms with van der Waals surface area (Å²) in [7, 11) is 0. The first-order valence-electron chi connectivity index (χ1n) is 26.3. The van der Waals surface area contributed by atoms with Crippen molar-refractivity contribution in [1.82, 2.24) is 9.13 Å². The Bertz CT molecular complexity index is 4570. The van der Waals surface area contributed by atoms with Crippen molar-refractivity contribution in [2.24, 2.45) is 0 Å². The number of para-hydroxylation sites is 5. The van der Waals surface area contributed by atoms with E-state index in [9.17, 15) is 0 Å². The van der Waals surface area contributed by atoms with E-state index in [1.54, 1.807) is 0 Å². The van der Waals surface area contributed by atoms with Gasteiger partial charge in [-0.2, -0.15) is 0 Å². The molecule has 0 radical (unpaired) electrons. The van der Waals surface area contributed by atoms with Gasteiger partial charge in [-0.05, 0) is 134 Å². The molecule has 3 nitrogen and oxygen atoms in total. The smallest absolute Gasteiger partial charge is 0.0755 e. The number of fused-ring (bicyclic) bond motifs is 15. The summed E-state index contributed by atoms with van der Waals surface area (Å²) in [4.78, 5) is 2.49. The summed E-state index contributed by atoms with van der Waals surface area (Å²) in [6, 6.07) is 106.